The molecule has 0 atom stereocenters. The van der Waals surface area contributed by atoms with Crippen LogP contribution < -0.4 is 0 Å². The van der Waals surface area contributed by atoms with Crippen LogP contribution in [-0.4, -0.2) is 73.0 Å². The molecule has 1 saturated heterocycles. The number of amidine groups is 1. The number of imide groups is 1. The summed E-state index contributed by atoms with van der Waals surface area (Å²) in [5, 5.41) is 16.8. The first-order valence-corrected chi connectivity index (χ1v) is 12.9. The van der Waals surface area contributed by atoms with Gasteiger partial charge in [0.1, 0.15) is 19.0 Å². The van der Waals surface area contributed by atoms with Crippen molar-refractivity contribution < 1.29 is 23.9 Å². The van der Waals surface area contributed by atoms with Crippen LogP contribution in [0.2, 0.25) is 0 Å². The van der Waals surface area contributed by atoms with Gasteiger partial charge >= 0.3 is 6.03 Å². The number of urea groups is 1. The van der Waals surface area contributed by atoms with E-state index in [2.05, 4.69) is 19.5 Å². The van der Waals surface area contributed by atoms with Gasteiger partial charge in [0.15, 0.2) is 0 Å². The molecule has 0 radical (unpaired) electrons. The summed E-state index contributed by atoms with van der Waals surface area (Å²) >= 11 is 0. The minimum atomic E-state index is -0.308. The SMILES string of the molecule is N#COCCCCCCN=C1CC(=O)N(CCCCCCN=C=O)C(=O)N1CCCCCCOC#N. The number of nitriles is 2. The summed E-state index contributed by atoms with van der Waals surface area (Å²) in [5.41, 5.74) is 0. The van der Waals surface area contributed by atoms with Crippen molar-refractivity contribution in [2.45, 2.75) is 83.5 Å². The van der Waals surface area contributed by atoms with Crippen LogP contribution in [0.25, 0.3) is 0 Å². The van der Waals surface area contributed by atoms with Gasteiger partial charge in [0.25, 0.3) is 12.5 Å². The minimum absolute atomic E-state index is 0.117. The molecule has 0 saturated carbocycles. The number of carbonyl (C=O) groups is 2. The highest BCUT2D eigenvalue weighted by molar-refractivity contribution is 6.15. The van der Waals surface area contributed by atoms with Crippen molar-refractivity contribution in [3.8, 4) is 12.5 Å². The zero-order valence-corrected chi connectivity index (χ0v) is 21.2. The van der Waals surface area contributed by atoms with E-state index in [1.807, 2.05) is 0 Å². The van der Waals surface area contributed by atoms with Crippen molar-refractivity contribution in [2.75, 3.05) is 39.4 Å². The molecule has 0 unspecified atom stereocenters. The molecule has 198 valence electrons. The Bertz CT molecular complexity index is 813. The maximum absolute atomic E-state index is 13.2. The Morgan fingerprint density at radius 2 is 1.25 bits per heavy atom. The topological polar surface area (TPSA) is 148 Å². The van der Waals surface area contributed by atoms with Crippen molar-refractivity contribution in [3.05, 3.63) is 0 Å². The second kappa shape index (κ2) is 20.9. The number of ether oxygens (including phenoxy) is 2. The Labute approximate surface area is 213 Å². The monoisotopic (exact) mass is 502 g/mol. The van der Waals surface area contributed by atoms with E-state index in [9.17, 15) is 14.4 Å². The molecule has 0 aromatic carbocycles. The number of rotatable bonds is 21. The number of carbonyl (C=O) groups excluding carboxylic acids is 3. The smallest absolute Gasteiger partial charge is 0.332 e. The third kappa shape index (κ3) is 13.5. The number of nitrogens with zero attached hydrogens (tertiary/aromatic N) is 6. The second-order valence-electron chi connectivity index (χ2n) is 8.55. The van der Waals surface area contributed by atoms with E-state index in [0.717, 1.165) is 70.6 Å². The van der Waals surface area contributed by atoms with Crippen molar-refractivity contribution in [1.82, 2.24) is 9.80 Å². The number of unbranched alkanes of at least 4 members (excludes halogenated alkanes) is 9. The lowest BCUT2D eigenvalue weighted by Gasteiger charge is -2.35. The summed E-state index contributed by atoms with van der Waals surface area (Å²) in [4.78, 5) is 47.1. The Morgan fingerprint density at radius 3 is 1.83 bits per heavy atom. The largest absolute Gasteiger partial charge is 0.428 e. The molecule has 0 aromatic heterocycles. The van der Waals surface area contributed by atoms with E-state index < -0.39 is 0 Å². The first kappa shape index (κ1) is 30.6. The molecule has 1 fully saturated rings. The lowest BCUT2D eigenvalue weighted by atomic mass is 10.1. The molecule has 0 aliphatic carbocycles. The number of amides is 3. The zero-order valence-electron chi connectivity index (χ0n) is 21.2. The Kier molecular flexibility index (Phi) is 17.8. The molecule has 1 heterocycles. The standard InChI is InChI=1S/C25H38N6O5/c26-20-35-17-11-5-2-8-14-29-23-19-24(33)31(16-10-3-1-7-13-28-22-32)25(34)30(23)15-9-4-6-12-18-36-21-27/h1-19H2. The van der Waals surface area contributed by atoms with E-state index in [4.69, 9.17) is 10.5 Å². The van der Waals surface area contributed by atoms with Crippen LogP contribution in [0.4, 0.5) is 4.79 Å². The van der Waals surface area contributed by atoms with Gasteiger partial charge in [-0.1, -0.05) is 25.7 Å². The van der Waals surface area contributed by atoms with Gasteiger partial charge in [0.2, 0.25) is 12.0 Å². The van der Waals surface area contributed by atoms with Crippen molar-refractivity contribution >= 4 is 23.9 Å². The first-order chi connectivity index (χ1) is 17.7. The summed E-state index contributed by atoms with van der Waals surface area (Å²) < 4.78 is 9.36. The summed E-state index contributed by atoms with van der Waals surface area (Å²) in [6.07, 6.45) is 15.0. The van der Waals surface area contributed by atoms with Gasteiger partial charge in [0.05, 0.1) is 13.0 Å². The minimum Gasteiger partial charge on any atom is -0.428 e. The Hall–Kier alpha value is -3.43. The van der Waals surface area contributed by atoms with Crippen LogP contribution in [0.15, 0.2) is 9.98 Å². The average molecular weight is 503 g/mol. The van der Waals surface area contributed by atoms with Crippen LogP contribution >= 0.6 is 0 Å². The molecule has 0 bridgehead atoms. The molecule has 1 aliphatic rings. The van der Waals surface area contributed by atoms with Crippen molar-refractivity contribution in [3.63, 3.8) is 0 Å². The summed E-state index contributed by atoms with van der Waals surface area (Å²) in [5.74, 6) is 0.316. The van der Waals surface area contributed by atoms with Gasteiger partial charge in [-0.15, -0.1) is 0 Å². The molecular weight excluding hydrogens is 464 g/mol. The molecule has 0 aromatic rings. The highest BCUT2D eigenvalue weighted by Crippen LogP contribution is 2.17. The van der Waals surface area contributed by atoms with E-state index in [0.29, 0.717) is 51.6 Å². The molecule has 3 amide bonds. The summed E-state index contributed by atoms with van der Waals surface area (Å²) in [6.45, 7) is 2.69. The van der Waals surface area contributed by atoms with Crippen molar-refractivity contribution in [2.24, 2.45) is 9.98 Å². The van der Waals surface area contributed by atoms with Crippen LogP contribution in [0, 0.1) is 23.0 Å². The molecule has 11 nitrogen and oxygen atoms in total. The normalized spacial score (nSPS) is 14.3. The van der Waals surface area contributed by atoms with Crippen LogP contribution in [0.5, 0.6) is 0 Å². The fourth-order valence-corrected chi connectivity index (χ4v) is 3.87. The van der Waals surface area contributed by atoms with Gasteiger partial charge in [-0.05, 0) is 51.4 Å². The van der Waals surface area contributed by atoms with Gasteiger partial charge in [-0.2, -0.15) is 10.5 Å². The number of hydrogen-bond acceptors (Lipinski definition) is 9. The maximum Gasteiger partial charge on any atom is 0.332 e. The van der Waals surface area contributed by atoms with Crippen LogP contribution in [0.3, 0.4) is 0 Å². The zero-order chi connectivity index (χ0) is 26.3. The Morgan fingerprint density at radius 1 is 0.722 bits per heavy atom. The third-order valence-electron chi connectivity index (χ3n) is 5.81. The predicted octanol–water partition coefficient (Wildman–Crippen LogP) is 4.05. The van der Waals surface area contributed by atoms with Gasteiger partial charge in [-0.25, -0.2) is 14.6 Å². The molecular formula is C25H38N6O5. The first-order valence-electron chi connectivity index (χ1n) is 12.9. The highest BCUT2D eigenvalue weighted by atomic mass is 16.5. The van der Waals surface area contributed by atoms with E-state index in [1.54, 1.807) is 17.4 Å². The fourth-order valence-electron chi connectivity index (χ4n) is 3.87. The van der Waals surface area contributed by atoms with E-state index >= 15 is 0 Å². The van der Waals surface area contributed by atoms with Crippen LogP contribution in [-0.2, 0) is 19.1 Å². The summed E-state index contributed by atoms with van der Waals surface area (Å²) in [7, 11) is 0. The van der Waals surface area contributed by atoms with E-state index in [1.165, 1.54) is 11.0 Å². The van der Waals surface area contributed by atoms with Gasteiger partial charge in [-0.3, -0.25) is 19.6 Å². The Balaban J connectivity index is 2.59. The lowest BCUT2D eigenvalue weighted by molar-refractivity contribution is -0.128. The quantitative estimate of drug-likeness (QED) is 0.0994. The lowest BCUT2D eigenvalue weighted by Crippen LogP contribution is -2.55. The molecule has 0 N–H and O–H groups in total. The van der Waals surface area contributed by atoms with Gasteiger partial charge < -0.3 is 9.47 Å². The fraction of sp³-hybridized carbons (Fsp3) is 0.760. The van der Waals surface area contributed by atoms with Crippen LogP contribution in [0.1, 0.15) is 83.5 Å². The molecule has 0 spiro atoms. The predicted molar refractivity (Wildman–Crippen MR) is 132 cm³/mol. The average Bonchev–Trinajstić information content (AvgIpc) is 2.87. The maximum atomic E-state index is 13.2. The highest BCUT2D eigenvalue weighted by Gasteiger charge is 2.35. The molecule has 11 heteroatoms. The van der Waals surface area contributed by atoms with Gasteiger partial charge in [0, 0.05) is 19.6 Å². The molecule has 36 heavy (non-hydrogen) atoms. The van der Waals surface area contributed by atoms with Crippen molar-refractivity contribution in [1.29, 1.82) is 10.5 Å². The third-order valence-corrected chi connectivity index (χ3v) is 5.81. The number of hydrogen-bond donors (Lipinski definition) is 0. The number of isocyanates is 1. The van der Waals surface area contributed by atoms with E-state index in [-0.39, 0.29) is 18.4 Å². The summed E-state index contributed by atoms with van der Waals surface area (Å²) in [6, 6.07) is -0.308. The number of aliphatic imine (C=N–C) groups is 2. The molecule has 1 aliphatic heterocycles. The second-order valence-corrected chi connectivity index (χ2v) is 8.55. The molecule has 1 rings (SSSR count).